The molecule has 0 radical (unpaired) electrons. The van der Waals surface area contributed by atoms with Crippen LogP contribution in [0.2, 0.25) is 0 Å². The van der Waals surface area contributed by atoms with E-state index in [9.17, 15) is 0 Å². The first-order valence-electron chi connectivity index (χ1n) is 5.09. The first-order chi connectivity index (χ1) is 7.15. The zero-order valence-corrected chi connectivity index (χ0v) is 11.4. The summed E-state index contributed by atoms with van der Waals surface area (Å²) in [7, 11) is 0. The number of aromatic nitrogens is 1. The van der Waals surface area contributed by atoms with Crippen molar-refractivity contribution in [3.8, 4) is 0 Å². The first kappa shape index (κ1) is 12.8. The number of hydrogen-bond acceptors (Lipinski definition) is 2. The second-order valence-corrected chi connectivity index (χ2v) is 4.96. The zero-order chi connectivity index (χ0) is 11.3. The van der Waals surface area contributed by atoms with Gasteiger partial charge >= 0.3 is 0 Å². The third kappa shape index (κ3) is 3.99. The second kappa shape index (κ2) is 6.33. The molecule has 84 valence electrons. The van der Waals surface area contributed by atoms with Crippen LogP contribution in [0.1, 0.15) is 20.3 Å². The lowest BCUT2D eigenvalue weighted by atomic mass is 10.3. The fraction of sp³-hybridized carbons (Fsp3) is 0.545. The molecule has 15 heavy (non-hydrogen) atoms. The number of hydrogen-bond donors (Lipinski definition) is 0. The van der Waals surface area contributed by atoms with Crippen LogP contribution in [0.5, 0.6) is 0 Å². The summed E-state index contributed by atoms with van der Waals surface area (Å²) in [5.74, 6) is 1.71. The van der Waals surface area contributed by atoms with E-state index in [1.807, 2.05) is 18.3 Å². The van der Waals surface area contributed by atoms with Crippen LogP contribution in [0.15, 0.2) is 22.8 Å². The molecular weight excluding hydrogens is 275 g/mol. The Morgan fingerprint density at radius 1 is 1.47 bits per heavy atom. The second-order valence-electron chi connectivity index (χ2n) is 3.66. The Balaban J connectivity index is 2.74. The number of halogens is 2. The van der Waals surface area contributed by atoms with E-state index in [1.165, 1.54) is 0 Å². The average molecular weight is 292 g/mol. The van der Waals surface area contributed by atoms with Gasteiger partial charge in [0, 0.05) is 29.1 Å². The van der Waals surface area contributed by atoms with E-state index in [2.05, 4.69) is 39.7 Å². The van der Waals surface area contributed by atoms with Crippen LogP contribution in [0, 0.1) is 0 Å². The van der Waals surface area contributed by atoms with Crippen LogP contribution in [-0.4, -0.2) is 23.5 Å². The van der Waals surface area contributed by atoms with E-state index < -0.39 is 0 Å². The van der Waals surface area contributed by atoms with Gasteiger partial charge in [-0.25, -0.2) is 4.98 Å². The normalized spacial score (nSPS) is 10.7. The summed E-state index contributed by atoms with van der Waals surface area (Å²) in [6.07, 6.45) is 2.81. The number of pyridine rings is 1. The van der Waals surface area contributed by atoms with Crippen molar-refractivity contribution < 1.29 is 0 Å². The molecule has 1 heterocycles. The standard InChI is InChI=1S/C11H16BrClN2/c1-9(2)15(7-3-6-13)11-5-4-10(12)8-14-11/h4-5,8-9H,3,6-7H2,1-2H3. The summed E-state index contributed by atoms with van der Waals surface area (Å²) >= 11 is 9.09. The van der Waals surface area contributed by atoms with E-state index in [0.717, 1.165) is 23.3 Å². The van der Waals surface area contributed by atoms with Gasteiger partial charge in [0.15, 0.2) is 0 Å². The molecular formula is C11H16BrClN2. The average Bonchev–Trinajstić information content (AvgIpc) is 2.21. The van der Waals surface area contributed by atoms with Gasteiger partial charge in [0.1, 0.15) is 5.82 Å². The van der Waals surface area contributed by atoms with Crippen molar-refractivity contribution >= 4 is 33.3 Å². The minimum Gasteiger partial charge on any atom is -0.354 e. The van der Waals surface area contributed by atoms with E-state index in [1.54, 1.807) is 0 Å². The summed E-state index contributed by atoms with van der Waals surface area (Å²) in [6, 6.07) is 4.48. The van der Waals surface area contributed by atoms with Gasteiger partial charge < -0.3 is 4.90 Å². The van der Waals surface area contributed by atoms with E-state index >= 15 is 0 Å². The number of nitrogens with zero attached hydrogens (tertiary/aromatic N) is 2. The maximum Gasteiger partial charge on any atom is 0.128 e. The molecule has 0 saturated carbocycles. The van der Waals surface area contributed by atoms with Gasteiger partial charge in [-0.1, -0.05) is 0 Å². The Morgan fingerprint density at radius 2 is 2.20 bits per heavy atom. The molecule has 0 aromatic carbocycles. The molecule has 0 aliphatic rings. The highest BCUT2D eigenvalue weighted by Crippen LogP contribution is 2.17. The Bertz CT molecular complexity index is 287. The Kier molecular flexibility index (Phi) is 5.40. The largest absolute Gasteiger partial charge is 0.354 e. The van der Waals surface area contributed by atoms with Gasteiger partial charge in [-0.05, 0) is 48.3 Å². The molecule has 1 rings (SSSR count). The Morgan fingerprint density at radius 3 is 2.67 bits per heavy atom. The minimum absolute atomic E-state index is 0.446. The van der Waals surface area contributed by atoms with Crippen molar-refractivity contribution in [2.24, 2.45) is 0 Å². The predicted molar refractivity (Wildman–Crippen MR) is 69.8 cm³/mol. The van der Waals surface area contributed by atoms with Gasteiger partial charge in [-0.2, -0.15) is 0 Å². The van der Waals surface area contributed by atoms with Crippen molar-refractivity contribution in [1.29, 1.82) is 0 Å². The molecule has 0 amide bonds. The fourth-order valence-corrected chi connectivity index (χ4v) is 1.76. The highest BCUT2D eigenvalue weighted by molar-refractivity contribution is 9.10. The lowest BCUT2D eigenvalue weighted by Crippen LogP contribution is -2.32. The molecule has 0 atom stereocenters. The third-order valence-electron chi connectivity index (χ3n) is 2.16. The molecule has 0 saturated heterocycles. The molecule has 0 aliphatic heterocycles. The topological polar surface area (TPSA) is 16.1 Å². The van der Waals surface area contributed by atoms with Crippen LogP contribution in [0.3, 0.4) is 0 Å². The van der Waals surface area contributed by atoms with Crippen LogP contribution >= 0.6 is 27.5 Å². The molecule has 1 aromatic rings. The van der Waals surface area contributed by atoms with Gasteiger partial charge in [0.2, 0.25) is 0 Å². The van der Waals surface area contributed by atoms with Gasteiger partial charge in [0.05, 0.1) is 0 Å². The van der Waals surface area contributed by atoms with Crippen molar-refractivity contribution in [1.82, 2.24) is 4.98 Å². The fourth-order valence-electron chi connectivity index (χ4n) is 1.41. The highest BCUT2D eigenvalue weighted by Gasteiger charge is 2.10. The quantitative estimate of drug-likeness (QED) is 0.769. The van der Waals surface area contributed by atoms with E-state index in [0.29, 0.717) is 11.9 Å². The molecule has 1 aromatic heterocycles. The molecule has 0 spiro atoms. The molecule has 0 unspecified atom stereocenters. The molecule has 0 aliphatic carbocycles. The van der Waals surface area contributed by atoms with Crippen LogP contribution in [-0.2, 0) is 0 Å². The lowest BCUT2D eigenvalue weighted by molar-refractivity contribution is 0.663. The zero-order valence-electron chi connectivity index (χ0n) is 9.08. The third-order valence-corrected chi connectivity index (χ3v) is 2.90. The summed E-state index contributed by atoms with van der Waals surface area (Å²) in [5.41, 5.74) is 0. The summed E-state index contributed by atoms with van der Waals surface area (Å²) < 4.78 is 1.01. The van der Waals surface area contributed by atoms with Crippen molar-refractivity contribution in [2.75, 3.05) is 17.3 Å². The molecule has 2 nitrogen and oxygen atoms in total. The minimum atomic E-state index is 0.446. The number of alkyl halides is 1. The van der Waals surface area contributed by atoms with Gasteiger partial charge in [-0.15, -0.1) is 11.6 Å². The highest BCUT2D eigenvalue weighted by atomic mass is 79.9. The lowest BCUT2D eigenvalue weighted by Gasteiger charge is -2.27. The van der Waals surface area contributed by atoms with Gasteiger partial charge in [-0.3, -0.25) is 0 Å². The summed E-state index contributed by atoms with van der Waals surface area (Å²) in [5, 5.41) is 0. The van der Waals surface area contributed by atoms with Crippen LogP contribution in [0.25, 0.3) is 0 Å². The SMILES string of the molecule is CC(C)N(CCCCl)c1ccc(Br)cn1. The number of rotatable bonds is 5. The smallest absolute Gasteiger partial charge is 0.128 e. The number of anilines is 1. The van der Waals surface area contributed by atoms with Crippen LogP contribution < -0.4 is 4.90 Å². The summed E-state index contributed by atoms with van der Waals surface area (Å²) in [4.78, 5) is 6.65. The van der Waals surface area contributed by atoms with Crippen molar-refractivity contribution in [3.05, 3.63) is 22.8 Å². The van der Waals surface area contributed by atoms with E-state index in [4.69, 9.17) is 11.6 Å². The molecule has 4 heteroatoms. The Hall–Kier alpha value is -0.280. The maximum atomic E-state index is 5.71. The monoisotopic (exact) mass is 290 g/mol. The molecule has 0 fully saturated rings. The van der Waals surface area contributed by atoms with Crippen molar-refractivity contribution in [2.45, 2.75) is 26.3 Å². The predicted octanol–water partition coefficient (Wildman–Crippen LogP) is 3.69. The molecule has 0 N–H and O–H groups in total. The summed E-state index contributed by atoms with van der Waals surface area (Å²) in [6.45, 7) is 5.28. The van der Waals surface area contributed by atoms with Crippen LogP contribution in [0.4, 0.5) is 5.82 Å². The molecule has 0 bridgehead atoms. The maximum absolute atomic E-state index is 5.71. The Labute approximate surface area is 105 Å². The van der Waals surface area contributed by atoms with Gasteiger partial charge in [0.25, 0.3) is 0 Å². The van der Waals surface area contributed by atoms with Crippen molar-refractivity contribution in [3.63, 3.8) is 0 Å². The first-order valence-corrected chi connectivity index (χ1v) is 6.42. The van der Waals surface area contributed by atoms with E-state index in [-0.39, 0.29) is 0 Å².